The van der Waals surface area contributed by atoms with Crippen LogP contribution in [0.15, 0.2) is 41.2 Å². The monoisotopic (exact) mass is 455 g/mol. The van der Waals surface area contributed by atoms with Gasteiger partial charge in [0.1, 0.15) is 0 Å². The highest BCUT2D eigenvalue weighted by Crippen LogP contribution is 2.34. The van der Waals surface area contributed by atoms with E-state index in [2.05, 4.69) is 20.2 Å². The normalized spacial score (nSPS) is 12.0. The molecule has 0 unspecified atom stereocenters. The van der Waals surface area contributed by atoms with Gasteiger partial charge >= 0.3 is 0 Å². The third kappa shape index (κ3) is 3.94. The average molecular weight is 456 g/mol. The summed E-state index contributed by atoms with van der Waals surface area (Å²) in [5.41, 5.74) is 3.70. The van der Waals surface area contributed by atoms with E-state index in [1.54, 1.807) is 18.2 Å². The van der Waals surface area contributed by atoms with E-state index >= 15 is 0 Å². The van der Waals surface area contributed by atoms with E-state index in [9.17, 15) is 4.79 Å². The molecule has 0 atom stereocenters. The zero-order valence-electron chi connectivity index (χ0n) is 17.8. The number of imidazole rings is 1. The molecule has 0 fully saturated rings. The fraction of sp³-hybridized carbons (Fsp3) is 0.217. The number of H-pyrrole nitrogens is 1. The van der Waals surface area contributed by atoms with Gasteiger partial charge in [0.15, 0.2) is 0 Å². The Balaban J connectivity index is 1.87. The molecule has 0 aliphatic carbocycles. The number of likely N-dealkylation sites (N-methyl/N-ethyl adjacent to an activating group) is 1. The topological polar surface area (TPSA) is 66.0 Å². The van der Waals surface area contributed by atoms with Crippen molar-refractivity contribution in [2.75, 3.05) is 26.0 Å². The van der Waals surface area contributed by atoms with Crippen LogP contribution in [0.4, 0.5) is 11.6 Å². The largest absolute Gasteiger partial charge is 0.323 e. The molecule has 2 N–H and O–H groups in total. The summed E-state index contributed by atoms with van der Waals surface area (Å²) >= 11 is 12.6. The number of aromatic amines is 1. The van der Waals surface area contributed by atoms with Gasteiger partial charge in [-0.2, -0.15) is 0 Å². The first-order valence-electron chi connectivity index (χ1n) is 9.82. The predicted molar refractivity (Wildman–Crippen MR) is 131 cm³/mol. The molecule has 0 amide bonds. The summed E-state index contributed by atoms with van der Waals surface area (Å²) in [6, 6.07) is 9.17. The lowest BCUT2D eigenvalue weighted by atomic mass is 10.0. The molecule has 160 valence electrons. The van der Waals surface area contributed by atoms with Gasteiger partial charge in [-0.25, -0.2) is 4.98 Å². The van der Waals surface area contributed by atoms with Gasteiger partial charge in [0.05, 0.1) is 32.2 Å². The number of aromatic nitrogens is 3. The number of benzene rings is 2. The van der Waals surface area contributed by atoms with Crippen molar-refractivity contribution in [1.29, 1.82) is 0 Å². The second kappa shape index (κ2) is 8.38. The van der Waals surface area contributed by atoms with Crippen LogP contribution in [0.2, 0.25) is 10.0 Å². The lowest BCUT2D eigenvalue weighted by Gasteiger charge is -2.11. The van der Waals surface area contributed by atoms with Crippen LogP contribution in [-0.2, 0) is 7.05 Å². The Labute approximate surface area is 190 Å². The van der Waals surface area contributed by atoms with E-state index in [0.29, 0.717) is 32.6 Å². The molecular weight excluding hydrogens is 433 g/mol. The van der Waals surface area contributed by atoms with Gasteiger partial charge in [-0.15, -0.1) is 0 Å². The lowest BCUT2D eigenvalue weighted by molar-refractivity contribution is 0.457. The van der Waals surface area contributed by atoms with Crippen molar-refractivity contribution < 1.29 is 0 Å². The van der Waals surface area contributed by atoms with E-state index in [-0.39, 0.29) is 5.56 Å². The van der Waals surface area contributed by atoms with E-state index in [4.69, 9.17) is 23.2 Å². The Hall–Kier alpha value is -2.80. The molecule has 0 aliphatic heterocycles. The van der Waals surface area contributed by atoms with Crippen LogP contribution < -0.4 is 10.9 Å². The van der Waals surface area contributed by atoms with Crippen LogP contribution in [0.1, 0.15) is 11.3 Å². The number of hydrogen-bond donors (Lipinski definition) is 2. The first-order chi connectivity index (χ1) is 14.8. The van der Waals surface area contributed by atoms with Crippen molar-refractivity contribution >= 4 is 62.7 Å². The highest BCUT2D eigenvalue weighted by molar-refractivity contribution is 6.39. The van der Waals surface area contributed by atoms with Gasteiger partial charge < -0.3 is 19.8 Å². The standard InChI is InChI=1S/C23H23Cl2N5O/c1-13-14-10-11-18-21(19(14)22(31)26-17(13)9-6-12-29(2)3)30(4)23(27-18)28-20-15(24)7-5-8-16(20)25/h5-11H,12H2,1-4H3,(H,26,31)(H,27,28). The molecule has 2 heterocycles. The van der Waals surface area contributed by atoms with Crippen LogP contribution in [0, 0.1) is 6.92 Å². The summed E-state index contributed by atoms with van der Waals surface area (Å²) in [7, 11) is 5.86. The summed E-state index contributed by atoms with van der Waals surface area (Å²) < 4.78 is 1.85. The van der Waals surface area contributed by atoms with E-state index < -0.39 is 0 Å². The van der Waals surface area contributed by atoms with Crippen LogP contribution in [-0.4, -0.2) is 40.1 Å². The van der Waals surface area contributed by atoms with Crippen molar-refractivity contribution in [3.63, 3.8) is 0 Å². The van der Waals surface area contributed by atoms with E-state index in [1.807, 2.05) is 56.9 Å². The number of nitrogens with one attached hydrogen (secondary N) is 2. The second-order valence-corrected chi connectivity index (χ2v) is 8.54. The van der Waals surface area contributed by atoms with Gasteiger partial charge in [0.2, 0.25) is 5.95 Å². The molecule has 4 rings (SSSR count). The Morgan fingerprint density at radius 3 is 2.58 bits per heavy atom. The third-order valence-corrected chi connectivity index (χ3v) is 5.90. The molecule has 8 heteroatoms. The van der Waals surface area contributed by atoms with E-state index in [0.717, 1.165) is 28.7 Å². The predicted octanol–water partition coefficient (Wildman–Crippen LogP) is 5.35. The number of hydrogen-bond acceptors (Lipinski definition) is 4. The van der Waals surface area contributed by atoms with Crippen molar-refractivity contribution in [3.05, 3.63) is 68.1 Å². The fourth-order valence-electron chi connectivity index (χ4n) is 3.66. The summed E-state index contributed by atoms with van der Waals surface area (Å²) in [5, 5.41) is 5.69. The maximum absolute atomic E-state index is 13.1. The molecule has 2 aromatic heterocycles. The minimum Gasteiger partial charge on any atom is -0.323 e. The number of nitrogens with zero attached hydrogens (tertiary/aromatic N) is 3. The Morgan fingerprint density at radius 1 is 1.19 bits per heavy atom. The number of pyridine rings is 1. The van der Waals surface area contributed by atoms with Crippen LogP contribution in [0.3, 0.4) is 0 Å². The van der Waals surface area contributed by atoms with Crippen molar-refractivity contribution in [1.82, 2.24) is 19.4 Å². The first-order valence-corrected chi connectivity index (χ1v) is 10.6. The third-order valence-electron chi connectivity index (χ3n) is 5.27. The quantitative estimate of drug-likeness (QED) is 0.425. The highest BCUT2D eigenvalue weighted by atomic mass is 35.5. The minimum absolute atomic E-state index is 0.152. The van der Waals surface area contributed by atoms with Gasteiger partial charge in [-0.3, -0.25) is 4.79 Å². The number of para-hydroxylation sites is 1. The fourth-order valence-corrected chi connectivity index (χ4v) is 4.15. The molecule has 0 radical (unpaired) electrons. The lowest BCUT2D eigenvalue weighted by Crippen LogP contribution is -2.12. The highest BCUT2D eigenvalue weighted by Gasteiger charge is 2.17. The Kier molecular flexibility index (Phi) is 5.79. The number of anilines is 2. The molecule has 0 bridgehead atoms. The number of fused-ring (bicyclic) bond motifs is 3. The smallest absolute Gasteiger partial charge is 0.258 e. The molecule has 2 aromatic carbocycles. The second-order valence-electron chi connectivity index (χ2n) is 7.73. The van der Waals surface area contributed by atoms with Gasteiger partial charge in [-0.1, -0.05) is 41.4 Å². The molecule has 0 saturated heterocycles. The molecular formula is C23H23Cl2N5O. The minimum atomic E-state index is -0.152. The number of rotatable bonds is 5. The summed E-state index contributed by atoms with van der Waals surface area (Å²) in [5.74, 6) is 0.546. The molecule has 6 nitrogen and oxygen atoms in total. The maximum Gasteiger partial charge on any atom is 0.258 e. The zero-order valence-corrected chi connectivity index (χ0v) is 19.3. The van der Waals surface area contributed by atoms with Crippen molar-refractivity contribution in [3.8, 4) is 0 Å². The Bertz CT molecular complexity index is 1360. The molecule has 31 heavy (non-hydrogen) atoms. The van der Waals surface area contributed by atoms with E-state index in [1.165, 1.54) is 0 Å². The summed E-state index contributed by atoms with van der Waals surface area (Å²) in [4.78, 5) is 22.8. The maximum atomic E-state index is 13.1. The van der Waals surface area contributed by atoms with Crippen LogP contribution in [0.5, 0.6) is 0 Å². The number of halogens is 2. The van der Waals surface area contributed by atoms with Gasteiger partial charge in [0.25, 0.3) is 5.56 Å². The van der Waals surface area contributed by atoms with Crippen molar-refractivity contribution in [2.45, 2.75) is 6.92 Å². The molecule has 0 saturated carbocycles. The van der Waals surface area contributed by atoms with Gasteiger partial charge in [-0.05, 0) is 56.2 Å². The first kappa shape index (κ1) is 21.4. The van der Waals surface area contributed by atoms with Crippen LogP contribution >= 0.6 is 23.2 Å². The number of aryl methyl sites for hydroxylation is 2. The summed E-state index contributed by atoms with van der Waals surface area (Å²) in [6.07, 6.45) is 3.98. The average Bonchev–Trinajstić information content (AvgIpc) is 3.03. The zero-order chi connectivity index (χ0) is 22.3. The Morgan fingerprint density at radius 2 is 1.90 bits per heavy atom. The molecule has 0 spiro atoms. The molecule has 0 aliphatic rings. The SMILES string of the molecule is Cc1c(C=CCN(C)C)[nH]c(=O)c2c1ccc1nc(Nc3c(Cl)cccc3Cl)n(C)c12. The summed E-state index contributed by atoms with van der Waals surface area (Å²) in [6.45, 7) is 2.80. The van der Waals surface area contributed by atoms with Gasteiger partial charge in [0, 0.05) is 19.3 Å². The molecule has 4 aromatic rings. The van der Waals surface area contributed by atoms with Crippen molar-refractivity contribution in [2.24, 2.45) is 7.05 Å². The van der Waals surface area contributed by atoms with Crippen LogP contribution in [0.25, 0.3) is 27.9 Å².